The maximum absolute atomic E-state index is 13.6. The summed E-state index contributed by atoms with van der Waals surface area (Å²) in [4.78, 5) is 42.4. The third-order valence-electron chi connectivity index (χ3n) is 10.7. The molecule has 0 bridgehead atoms. The van der Waals surface area contributed by atoms with Crippen molar-refractivity contribution in [3.63, 3.8) is 0 Å². The topological polar surface area (TPSA) is 108 Å². The number of aromatic nitrogens is 2. The minimum atomic E-state index is -0.833. The van der Waals surface area contributed by atoms with E-state index in [9.17, 15) is 14.7 Å². The summed E-state index contributed by atoms with van der Waals surface area (Å²) in [6.45, 7) is 18.5. The minimum absolute atomic E-state index is 0.0621. The summed E-state index contributed by atoms with van der Waals surface area (Å²) in [5, 5.41) is 12.7. The molecule has 268 valence electrons. The Kier molecular flexibility index (Phi) is 12.1. The van der Waals surface area contributed by atoms with Crippen LogP contribution in [0.25, 0.3) is 22.5 Å². The van der Waals surface area contributed by atoms with E-state index in [4.69, 9.17) is 0 Å². The van der Waals surface area contributed by atoms with Gasteiger partial charge in [-0.05, 0) is 66.5 Å². The molecule has 1 aliphatic carbocycles. The van der Waals surface area contributed by atoms with Crippen LogP contribution in [-0.4, -0.2) is 56.6 Å². The van der Waals surface area contributed by atoms with E-state index in [1.165, 1.54) is 49.9 Å². The Balaban J connectivity index is 1.26. The van der Waals surface area contributed by atoms with E-state index < -0.39 is 11.9 Å². The van der Waals surface area contributed by atoms with Crippen molar-refractivity contribution in [2.75, 3.05) is 13.1 Å². The van der Waals surface area contributed by atoms with E-state index in [1.807, 2.05) is 64.4 Å². The summed E-state index contributed by atoms with van der Waals surface area (Å²) >= 11 is 0. The average Bonchev–Trinajstić information content (AvgIpc) is 3.10. The standard InChI is InChI=1S/C43H53N5O3/c1-8-30-10-14-33(15-11-30)34-18-20-35(21-19-34)37-24-45-40(46-25-37)36-16-12-31(13-17-36)22-39(42(51)48-26-38(27-48)28(3)49)47-41(50)32(9-2)23-44-29(4)43(5,6)7/h9,12-13,16-21,23-25,30,33,38-39,49H,2-3,8,10-11,14-15,22,26-27H2,1,4-7H3,(H,47,50)/b32-23+,44-29+/t30-,33-,39-/m0/s1. The molecule has 2 fully saturated rings. The Bertz CT molecular complexity index is 1750. The Labute approximate surface area is 303 Å². The van der Waals surface area contributed by atoms with Gasteiger partial charge in [-0.1, -0.05) is 102 Å². The minimum Gasteiger partial charge on any atom is -0.513 e. The van der Waals surface area contributed by atoms with Gasteiger partial charge in [0.25, 0.3) is 5.91 Å². The molecule has 3 aromatic rings. The average molecular weight is 688 g/mol. The second-order valence-electron chi connectivity index (χ2n) is 15.2. The summed E-state index contributed by atoms with van der Waals surface area (Å²) in [7, 11) is 0. The molecule has 0 spiro atoms. The van der Waals surface area contributed by atoms with Crippen molar-refractivity contribution in [1.29, 1.82) is 0 Å². The normalized spacial score (nSPS) is 19.2. The predicted octanol–water partition coefficient (Wildman–Crippen LogP) is 8.63. The second-order valence-corrected chi connectivity index (χ2v) is 15.2. The van der Waals surface area contributed by atoms with Gasteiger partial charge in [0.2, 0.25) is 5.91 Å². The van der Waals surface area contributed by atoms with Crippen molar-refractivity contribution in [1.82, 2.24) is 20.2 Å². The fourth-order valence-electron chi connectivity index (χ4n) is 6.60. The fourth-order valence-corrected chi connectivity index (χ4v) is 6.60. The van der Waals surface area contributed by atoms with Crippen molar-refractivity contribution < 1.29 is 14.7 Å². The molecule has 8 heteroatoms. The summed E-state index contributed by atoms with van der Waals surface area (Å²) in [6, 6.07) is 15.8. The van der Waals surface area contributed by atoms with Crippen LogP contribution in [0, 0.1) is 17.3 Å². The quantitative estimate of drug-likeness (QED) is 0.0858. The number of hydrogen-bond acceptors (Lipinski definition) is 6. The maximum Gasteiger partial charge on any atom is 0.253 e. The van der Waals surface area contributed by atoms with E-state index in [2.05, 4.69) is 64.6 Å². The molecule has 1 aromatic heterocycles. The van der Waals surface area contributed by atoms with Crippen LogP contribution in [0.3, 0.4) is 0 Å². The van der Waals surface area contributed by atoms with Gasteiger partial charge in [0.1, 0.15) is 6.04 Å². The molecular weight excluding hydrogens is 635 g/mol. The SMILES string of the molecule is C=C/C(=C\N=C(/C)C(C)(C)C)C(=O)N[C@@H](Cc1ccc(-c2ncc(-c3ccc([C@H]4CC[C@H](CC)CC4)cc3)cn2)cc1)C(=O)N1CC(C(=C)O)C1. The molecule has 0 unspecified atom stereocenters. The third-order valence-corrected chi connectivity index (χ3v) is 10.7. The Morgan fingerprint density at radius 1 is 0.980 bits per heavy atom. The van der Waals surface area contributed by atoms with Gasteiger partial charge in [-0.3, -0.25) is 14.6 Å². The molecule has 51 heavy (non-hydrogen) atoms. The number of rotatable bonds is 12. The number of carbonyl (C=O) groups is 2. The zero-order chi connectivity index (χ0) is 36.7. The first-order valence-corrected chi connectivity index (χ1v) is 18.2. The lowest BCUT2D eigenvalue weighted by atomic mass is 9.78. The van der Waals surface area contributed by atoms with Crippen LogP contribution in [0.5, 0.6) is 0 Å². The van der Waals surface area contributed by atoms with Crippen molar-refractivity contribution in [2.24, 2.45) is 22.2 Å². The molecule has 0 radical (unpaired) electrons. The molecule has 1 saturated heterocycles. The largest absolute Gasteiger partial charge is 0.513 e. The molecule has 2 aliphatic rings. The van der Waals surface area contributed by atoms with Gasteiger partial charge >= 0.3 is 0 Å². The van der Waals surface area contributed by atoms with E-state index in [0.717, 1.165) is 33.9 Å². The fraction of sp³-hybridized carbons (Fsp3) is 0.419. The Morgan fingerprint density at radius 2 is 1.59 bits per heavy atom. The van der Waals surface area contributed by atoms with Crippen molar-refractivity contribution in [3.8, 4) is 22.5 Å². The third kappa shape index (κ3) is 9.48. The summed E-state index contributed by atoms with van der Waals surface area (Å²) in [5.74, 6) is 1.40. The number of amides is 2. The summed E-state index contributed by atoms with van der Waals surface area (Å²) in [5.41, 5.74) is 6.20. The van der Waals surface area contributed by atoms with Gasteiger partial charge < -0.3 is 15.3 Å². The van der Waals surface area contributed by atoms with E-state index in [0.29, 0.717) is 24.8 Å². The number of nitrogens with one attached hydrogen (secondary N) is 1. The molecule has 2 heterocycles. The van der Waals surface area contributed by atoms with E-state index in [1.54, 1.807) is 4.90 Å². The molecule has 2 N–H and O–H groups in total. The molecule has 1 saturated carbocycles. The lowest BCUT2D eigenvalue weighted by Crippen LogP contribution is -2.58. The van der Waals surface area contributed by atoms with Gasteiger partial charge in [-0.2, -0.15) is 0 Å². The summed E-state index contributed by atoms with van der Waals surface area (Å²) < 4.78 is 0. The van der Waals surface area contributed by atoms with E-state index >= 15 is 0 Å². The summed E-state index contributed by atoms with van der Waals surface area (Å²) in [6.07, 6.45) is 13.4. The number of likely N-dealkylation sites (tertiary alicyclic amines) is 1. The zero-order valence-corrected chi connectivity index (χ0v) is 30.9. The first kappa shape index (κ1) is 37.4. The van der Waals surface area contributed by atoms with E-state index in [-0.39, 0.29) is 35.0 Å². The van der Waals surface area contributed by atoms with Gasteiger partial charge in [0, 0.05) is 54.9 Å². The number of nitrogens with zero attached hydrogens (tertiary/aromatic N) is 4. The number of aliphatic hydroxyl groups excluding tert-OH is 1. The van der Waals surface area contributed by atoms with Crippen LogP contribution in [-0.2, 0) is 16.0 Å². The zero-order valence-electron chi connectivity index (χ0n) is 30.9. The van der Waals surface area contributed by atoms with Gasteiger partial charge in [0.15, 0.2) is 5.82 Å². The number of hydrogen-bond donors (Lipinski definition) is 2. The van der Waals surface area contributed by atoms with Crippen molar-refractivity contribution >= 4 is 17.5 Å². The van der Waals surface area contributed by atoms with Crippen molar-refractivity contribution in [2.45, 2.75) is 85.1 Å². The van der Waals surface area contributed by atoms with Crippen LogP contribution in [0.1, 0.15) is 83.8 Å². The van der Waals surface area contributed by atoms with Crippen LogP contribution in [0.2, 0.25) is 0 Å². The maximum atomic E-state index is 13.6. The smallest absolute Gasteiger partial charge is 0.253 e. The highest BCUT2D eigenvalue weighted by Gasteiger charge is 2.36. The number of aliphatic hydroxyl groups is 1. The predicted molar refractivity (Wildman–Crippen MR) is 206 cm³/mol. The molecule has 2 aromatic carbocycles. The van der Waals surface area contributed by atoms with Crippen LogP contribution in [0.4, 0.5) is 0 Å². The Hall–Kier alpha value is -4.85. The van der Waals surface area contributed by atoms with Gasteiger partial charge in [-0.25, -0.2) is 9.97 Å². The van der Waals surface area contributed by atoms with Gasteiger partial charge in [0.05, 0.1) is 17.3 Å². The first-order valence-electron chi connectivity index (χ1n) is 18.2. The molecule has 5 rings (SSSR count). The number of carbonyl (C=O) groups excluding carboxylic acids is 2. The first-order chi connectivity index (χ1) is 24.4. The molecular formula is C43H53N5O3. The molecule has 1 atom stereocenters. The van der Waals surface area contributed by atoms with Crippen LogP contribution < -0.4 is 5.32 Å². The number of aliphatic imine (C=N–C) groups is 1. The van der Waals surface area contributed by atoms with Crippen LogP contribution >= 0.6 is 0 Å². The highest BCUT2D eigenvalue weighted by molar-refractivity contribution is 5.99. The molecule has 2 amide bonds. The Morgan fingerprint density at radius 3 is 2.14 bits per heavy atom. The monoisotopic (exact) mass is 687 g/mol. The lowest BCUT2D eigenvalue weighted by molar-refractivity contribution is -0.141. The number of benzene rings is 2. The van der Waals surface area contributed by atoms with Crippen LogP contribution in [0.15, 0.2) is 103 Å². The van der Waals surface area contributed by atoms with Gasteiger partial charge in [-0.15, -0.1) is 0 Å². The lowest BCUT2D eigenvalue weighted by Gasteiger charge is -2.40. The molecule has 1 aliphatic heterocycles. The van der Waals surface area contributed by atoms with Crippen molar-refractivity contribution in [3.05, 3.63) is 109 Å². The highest BCUT2D eigenvalue weighted by Crippen LogP contribution is 2.37. The molecule has 8 nitrogen and oxygen atoms in total. The second kappa shape index (κ2) is 16.4. The highest BCUT2D eigenvalue weighted by atomic mass is 16.3.